The van der Waals surface area contributed by atoms with E-state index in [4.69, 9.17) is 18.5 Å². The molecule has 0 aromatic heterocycles. The highest BCUT2D eigenvalue weighted by Gasteiger charge is 2.27. The van der Waals surface area contributed by atoms with E-state index in [2.05, 4.69) is 74.6 Å². The molecule has 0 spiro atoms. The number of ether oxygens (including phenoxy) is 2. The third-order valence-corrected chi connectivity index (χ3v) is 10.5. The van der Waals surface area contributed by atoms with Gasteiger partial charge in [-0.3, -0.25) is 18.6 Å². The predicted molar refractivity (Wildman–Crippen MR) is 243 cm³/mol. The molecular formula is C48H87NO8P+. The Morgan fingerprint density at radius 3 is 1.45 bits per heavy atom. The van der Waals surface area contributed by atoms with Gasteiger partial charge in [0, 0.05) is 12.8 Å². The molecule has 0 heterocycles. The number of likely N-dealkylation sites (N-methyl/N-ethyl adjacent to an activating group) is 1. The monoisotopic (exact) mass is 837 g/mol. The molecule has 1 N–H and O–H groups in total. The van der Waals surface area contributed by atoms with Crippen molar-refractivity contribution in [3.63, 3.8) is 0 Å². The number of allylic oxidation sites excluding steroid dienone is 10. The van der Waals surface area contributed by atoms with Crippen LogP contribution >= 0.6 is 7.82 Å². The van der Waals surface area contributed by atoms with Crippen molar-refractivity contribution in [2.24, 2.45) is 0 Å². The maximum atomic E-state index is 12.7. The number of phosphoric ester groups is 1. The van der Waals surface area contributed by atoms with E-state index in [9.17, 15) is 19.0 Å². The molecule has 0 aliphatic heterocycles. The minimum atomic E-state index is -4.39. The van der Waals surface area contributed by atoms with Crippen molar-refractivity contribution in [3.8, 4) is 0 Å². The Kier molecular flexibility index (Phi) is 38.5. The van der Waals surface area contributed by atoms with Crippen molar-refractivity contribution in [3.05, 3.63) is 60.8 Å². The molecule has 9 nitrogen and oxygen atoms in total. The van der Waals surface area contributed by atoms with Gasteiger partial charge in [0.25, 0.3) is 0 Å². The van der Waals surface area contributed by atoms with Crippen molar-refractivity contribution in [1.29, 1.82) is 0 Å². The van der Waals surface area contributed by atoms with E-state index in [-0.39, 0.29) is 26.1 Å². The minimum Gasteiger partial charge on any atom is -0.462 e. The van der Waals surface area contributed by atoms with Crippen LogP contribution in [0.15, 0.2) is 60.8 Å². The third kappa shape index (κ3) is 43.3. The number of carbonyl (C=O) groups excluding carboxylic acids is 2. The van der Waals surface area contributed by atoms with Gasteiger partial charge in [-0.15, -0.1) is 0 Å². The Balaban J connectivity index is 4.43. The van der Waals surface area contributed by atoms with E-state index in [0.29, 0.717) is 23.9 Å². The van der Waals surface area contributed by atoms with Gasteiger partial charge in [0.05, 0.1) is 27.7 Å². The summed E-state index contributed by atoms with van der Waals surface area (Å²) in [4.78, 5) is 35.3. The summed E-state index contributed by atoms with van der Waals surface area (Å²) >= 11 is 0. The van der Waals surface area contributed by atoms with Crippen LogP contribution in [0, 0.1) is 0 Å². The van der Waals surface area contributed by atoms with Gasteiger partial charge in [-0.2, -0.15) is 0 Å². The Bertz CT molecular complexity index is 1170. The zero-order valence-electron chi connectivity index (χ0n) is 37.8. The summed E-state index contributed by atoms with van der Waals surface area (Å²) in [7, 11) is 1.43. The average Bonchev–Trinajstić information content (AvgIpc) is 3.17. The number of hydrogen-bond donors (Lipinski definition) is 1. The highest BCUT2D eigenvalue weighted by Crippen LogP contribution is 2.43. The summed E-state index contributed by atoms with van der Waals surface area (Å²) in [6.45, 7) is 4.32. The quantitative estimate of drug-likeness (QED) is 0.0213. The van der Waals surface area contributed by atoms with E-state index in [0.717, 1.165) is 51.4 Å². The summed E-state index contributed by atoms with van der Waals surface area (Å²) in [6.07, 6.45) is 48.5. The highest BCUT2D eigenvalue weighted by atomic mass is 31.2. The minimum absolute atomic E-state index is 0.0184. The summed E-state index contributed by atoms with van der Waals surface area (Å²) in [6, 6.07) is 0. The molecular weight excluding hydrogens is 750 g/mol. The maximum absolute atomic E-state index is 12.7. The van der Waals surface area contributed by atoms with Gasteiger partial charge in [0.1, 0.15) is 19.8 Å². The Labute approximate surface area is 356 Å². The van der Waals surface area contributed by atoms with E-state index in [1.54, 1.807) is 0 Å². The van der Waals surface area contributed by atoms with Gasteiger partial charge >= 0.3 is 19.8 Å². The van der Waals surface area contributed by atoms with Crippen molar-refractivity contribution in [2.75, 3.05) is 47.5 Å². The molecule has 0 saturated carbocycles. The molecule has 0 aromatic rings. The summed E-state index contributed by atoms with van der Waals surface area (Å²) in [5, 5.41) is 0. The fourth-order valence-corrected chi connectivity index (χ4v) is 6.62. The van der Waals surface area contributed by atoms with Crippen molar-refractivity contribution < 1.29 is 42.1 Å². The molecule has 0 aromatic carbocycles. The molecule has 336 valence electrons. The van der Waals surface area contributed by atoms with Gasteiger partial charge < -0.3 is 18.9 Å². The van der Waals surface area contributed by atoms with E-state index >= 15 is 0 Å². The molecule has 0 aliphatic carbocycles. The van der Waals surface area contributed by atoms with Crippen LogP contribution in [0.1, 0.15) is 181 Å². The molecule has 0 fully saturated rings. The molecule has 10 heteroatoms. The van der Waals surface area contributed by atoms with E-state index in [1.807, 2.05) is 21.1 Å². The third-order valence-electron chi connectivity index (χ3n) is 9.52. The molecule has 1 unspecified atom stereocenters. The SMILES string of the molecule is CCCCCCCC/C=C/CCCCCC(=O)O[C@@H](COC(=O)CCC/C=C/C/C=C/C/C=C/C/C=C/CCCCCCCCC)COP(=O)(O)OCC[N+](C)(C)C. The Hall–Kier alpha value is -2.29. The zero-order valence-corrected chi connectivity index (χ0v) is 38.7. The van der Waals surface area contributed by atoms with Crippen molar-refractivity contribution >= 4 is 19.8 Å². The van der Waals surface area contributed by atoms with E-state index < -0.39 is 32.5 Å². The first-order valence-electron chi connectivity index (χ1n) is 23.0. The van der Waals surface area contributed by atoms with Crippen LogP contribution in [-0.2, 0) is 32.7 Å². The number of rotatable bonds is 41. The van der Waals surface area contributed by atoms with Crippen molar-refractivity contribution in [1.82, 2.24) is 0 Å². The number of phosphoric acid groups is 1. The lowest BCUT2D eigenvalue weighted by atomic mass is 10.1. The van der Waals surface area contributed by atoms with Crippen LogP contribution in [0.5, 0.6) is 0 Å². The van der Waals surface area contributed by atoms with Crippen LogP contribution < -0.4 is 0 Å². The summed E-state index contributed by atoms with van der Waals surface area (Å²) in [5.74, 6) is -0.886. The first-order chi connectivity index (χ1) is 28.0. The lowest BCUT2D eigenvalue weighted by Gasteiger charge is -2.24. The second-order valence-corrected chi connectivity index (χ2v) is 17.9. The lowest BCUT2D eigenvalue weighted by Crippen LogP contribution is -2.37. The highest BCUT2D eigenvalue weighted by molar-refractivity contribution is 7.47. The smallest absolute Gasteiger partial charge is 0.462 e. The number of hydrogen-bond acceptors (Lipinski definition) is 7. The molecule has 0 radical (unpaired) electrons. The molecule has 0 bridgehead atoms. The summed E-state index contributed by atoms with van der Waals surface area (Å²) < 4.78 is 34.2. The largest absolute Gasteiger partial charge is 0.472 e. The van der Waals surface area contributed by atoms with Crippen LogP contribution in [0.25, 0.3) is 0 Å². The lowest BCUT2D eigenvalue weighted by molar-refractivity contribution is -0.870. The standard InChI is InChI=1S/C48H86NO8P/c1-6-8-10-12-14-16-18-20-21-22-23-24-25-26-27-29-30-32-34-36-38-40-47(50)54-44-46(45-56-58(52,53)55-43-42-49(3,4)5)57-48(51)41-39-37-35-33-31-28-19-17-15-13-11-9-7-2/h21-22,24-25,27-29,31-32,34,46H,6-20,23,26,30,33,35-45H2,1-5H3/p+1/b22-21+,25-24+,29-27+,31-28+,34-32+/t46-/m0/s1. The molecule has 0 saturated heterocycles. The van der Waals surface area contributed by atoms with Crippen LogP contribution in [0.2, 0.25) is 0 Å². The molecule has 2 atom stereocenters. The van der Waals surface area contributed by atoms with Crippen molar-refractivity contribution in [2.45, 2.75) is 187 Å². The second-order valence-electron chi connectivity index (χ2n) is 16.4. The predicted octanol–water partition coefficient (Wildman–Crippen LogP) is 13.2. The van der Waals surface area contributed by atoms with Gasteiger partial charge in [-0.25, -0.2) is 4.57 Å². The van der Waals surface area contributed by atoms with Gasteiger partial charge in [0.15, 0.2) is 6.10 Å². The first kappa shape index (κ1) is 55.7. The first-order valence-corrected chi connectivity index (χ1v) is 24.5. The molecule has 58 heavy (non-hydrogen) atoms. The number of quaternary nitrogens is 1. The zero-order chi connectivity index (χ0) is 42.8. The number of nitrogens with zero attached hydrogens (tertiary/aromatic N) is 1. The maximum Gasteiger partial charge on any atom is 0.472 e. The molecule has 0 amide bonds. The topological polar surface area (TPSA) is 108 Å². The molecule has 0 rings (SSSR count). The Morgan fingerprint density at radius 2 is 0.948 bits per heavy atom. The second kappa shape index (κ2) is 40.1. The average molecular weight is 837 g/mol. The van der Waals surface area contributed by atoms with Crippen LogP contribution in [-0.4, -0.2) is 74.9 Å². The van der Waals surface area contributed by atoms with Gasteiger partial charge in [0.2, 0.25) is 0 Å². The number of esters is 2. The normalized spacial score (nSPS) is 14.1. The fourth-order valence-electron chi connectivity index (χ4n) is 5.88. The summed E-state index contributed by atoms with van der Waals surface area (Å²) in [5.41, 5.74) is 0. The van der Waals surface area contributed by atoms with Crippen LogP contribution in [0.3, 0.4) is 0 Å². The Morgan fingerprint density at radius 1 is 0.534 bits per heavy atom. The van der Waals surface area contributed by atoms with E-state index in [1.165, 1.54) is 89.9 Å². The molecule has 0 aliphatic rings. The number of carbonyl (C=O) groups is 2. The van der Waals surface area contributed by atoms with Crippen LogP contribution in [0.4, 0.5) is 0 Å². The fraction of sp³-hybridized carbons (Fsp3) is 0.750. The van der Waals surface area contributed by atoms with Gasteiger partial charge in [-0.05, 0) is 77.0 Å². The number of unbranched alkanes of at least 4 members (excludes halogenated alkanes) is 17. The van der Waals surface area contributed by atoms with Gasteiger partial charge in [-0.1, -0.05) is 152 Å².